The first kappa shape index (κ1) is 2470. The van der Waals surface area contributed by atoms with E-state index in [2.05, 4.69) is 0 Å². The Hall–Kier alpha value is 5.19. The van der Waals surface area contributed by atoms with Crippen LogP contribution in [0.15, 0.2) is 0 Å². The van der Waals surface area contributed by atoms with Crippen LogP contribution in [0.4, 0.5) is 0 Å². The van der Waals surface area contributed by atoms with Crippen LogP contribution in [0.1, 0.15) is 0 Å². The minimum absolute atomic E-state index is 0. The Labute approximate surface area is 359 Å². The monoisotopic (exact) mass is 1020 g/mol. The van der Waals surface area contributed by atoms with Crippen LogP contribution >= 0.6 is 0 Å². The van der Waals surface area contributed by atoms with E-state index in [-0.39, 0.29) is 364 Å². The van der Waals surface area contributed by atoms with Gasteiger partial charge in [-0.25, -0.2) is 0 Å². The molecule has 0 rings (SSSR count). The summed E-state index contributed by atoms with van der Waals surface area (Å²) >= 11 is 0. The average Bonchev–Trinajstić information content (AvgIpc) is 0. The van der Waals surface area contributed by atoms with Crippen LogP contribution in [-0.4, -0.2) is 0 Å². The number of hydrogen-bond donors (Lipinski definition) is 0. The Balaban J connectivity index is 0. The average molecular weight is 1030 g/mol. The molecule has 0 aliphatic carbocycles. The molecule has 0 N–H and O–H groups in total. The van der Waals surface area contributed by atoms with Crippen LogP contribution in [0, 0.1) is 193 Å². The zero-order valence-corrected chi connectivity index (χ0v) is 38.4. The molecule has 0 aromatic heterocycles. The largest absolute Gasteiger partial charge is 2.00 e. The van der Waals surface area contributed by atoms with Crippen LogP contribution < -0.4 is 0 Å². The summed E-state index contributed by atoms with van der Waals surface area (Å²) in [6, 6.07) is 0. The van der Waals surface area contributed by atoms with Crippen molar-refractivity contribution in [1.29, 1.82) is 0 Å². The molecular formula is C26H78Cu10-16. The van der Waals surface area contributed by atoms with Gasteiger partial charge in [-0.3, -0.25) is 0 Å². The Morgan fingerprint density at radius 3 is 0.111 bits per heavy atom. The molecule has 0 aliphatic heterocycles. The van der Waals surface area contributed by atoms with E-state index in [9.17, 15) is 0 Å². The van der Waals surface area contributed by atoms with Crippen molar-refractivity contribution in [3.8, 4) is 0 Å². The molecule has 10 heteroatoms. The van der Waals surface area contributed by atoms with Crippen LogP contribution in [0.2, 0.25) is 0 Å². The standard InChI is InChI=1S/26CH3.10Cu/h26*1H3;;;;;;;;;;/q26*-1;;;;;2*+1;4*+2. The van der Waals surface area contributed by atoms with E-state index in [1.165, 1.54) is 0 Å². The molecular weight excluding hydrogens is 948 g/mol. The summed E-state index contributed by atoms with van der Waals surface area (Å²) in [6.07, 6.45) is 0. The molecule has 0 atom stereocenters. The summed E-state index contributed by atoms with van der Waals surface area (Å²) in [5, 5.41) is 0. The van der Waals surface area contributed by atoms with E-state index in [4.69, 9.17) is 0 Å². The summed E-state index contributed by atoms with van der Waals surface area (Å²) < 4.78 is 0. The van der Waals surface area contributed by atoms with Crippen molar-refractivity contribution in [2.24, 2.45) is 0 Å². The van der Waals surface area contributed by atoms with Gasteiger partial charge >= 0.3 is 102 Å². The minimum Gasteiger partial charge on any atom is -0.358 e. The van der Waals surface area contributed by atoms with E-state index in [0.717, 1.165) is 0 Å². The molecule has 8 radical (unpaired) electrons. The molecule has 0 unspecified atom stereocenters. The molecule has 0 aliphatic rings. The Bertz CT molecular complexity index is 30.7. The van der Waals surface area contributed by atoms with Crippen molar-refractivity contribution in [2.75, 3.05) is 0 Å². The van der Waals surface area contributed by atoms with Crippen molar-refractivity contribution in [3.05, 3.63) is 193 Å². The molecule has 0 bridgehead atoms. The van der Waals surface area contributed by atoms with Gasteiger partial charge in [-0.15, -0.1) is 0 Å². The van der Waals surface area contributed by atoms with Gasteiger partial charge in [0.2, 0.25) is 0 Å². The van der Waals surface area contributed by atoms with E-state index >= 15 is 0 Å². The van der Waals surface area contributed by atoms with Crippen LogP contribution in [-0.2, 0) is 171 Å². The summed E-state index contributed by atoms with van der Waals surface area (Å²) in [7, 11) is 0. The number of hydrogen-bond acceptors (Lipinski definition) is 0. The fraction of sp³-hybridized carbons (Fsp3) is 0. The zero-order chi connectivity index (χ0) is 0. The van der Waals surface area contributed by atoms with E-state index in [1.807, 2.05) is 0 Å². The predicted molar refractivity (Wildman–Crippen MR) is 167 cm³/mol. The topological polar surface area (TPSA) is 0 Å². The smallest absolute Gasteiger partial charge is 0.358 e. The maximum absolute atomic E-state index is 0. The van der Waals surface area contributed by atoms with E-state index in [1.54, 1.807) is 0 Å². The van der Waals surface area contributed by atoms with Gasteiger partial charge in [0.05, 0.1) is 0 Å². The van der Waals surface area contributed by atoms with Crippen molar-refractivity contribution < 1.29 is 171 Å². The van der Waals surface area contributed by atoms with Gasteiger partial charge in [-0.1, -0.05) is 0 Å². The first-order chi connectivity index (χ1) is 0. The summed E-state index contributed by atoms with van der Waals surface area (Å²) in [6.45, 7) is 0. The van der Waals surface area contributed by atoms with Crippen molar-refractivity contribution in [2.45, 2.75) is 0 Å². The fourth-order valence-electron chi connectivity index (χ4n) is 0. The maximum Gasteiger partial charge on any atom is 2.00 e. The molecule has 0 amide bonds. The summed E-state index contributed by atoms with van der Waals surface area (Å²) in [5.74, 6) is 0. The minimum atomic E-state index is 0. The van der Waals surface area contributed by atoms with Crippen molar-refractivity contribution in [1.82, 2.24) is 0 Å². The van der Waals surface area contributed by atoms with Crippen molar-refractivity contribution >= 4 is 0 Å². The van der Waals surface area contributed by atoms with Gasteiger partial charge in [0.15, 0.2) is 0 Å². The fourth-order valence-corrected chi connectivity index (χ4v) is 0. The Morgan fingerprint density at radius 2 is 0.111 bits per heavy atom. The van der Waals surface area contributed by atoms with Gasteiger partial charge in [-0.05, 0) is 0 Å². The third-order valence-corrected chi connectivity index (χ3v) is 0. The molecule has 0 spiro atoms. The zero-order valence-electron chi connectivity index (χ0n) is 29.0. The molecule has 36 heavy (non-hydrogen) atoms. The SMILES string of the molecule is [CH3-].[CH3-].[CH3-].[CH3-].[CH3-].[CH3-].[CH3-].[CH3-].[CH3-].[CH3-].[CH3-].[CH3-].[CH3-].[CH3-].[CH3-].[CH3-].[CH3-].[CH3-].[CH3-].[CH3-].[CH3-].[CH3-].[CH3-].[CH3-].[CH3-].[CH3-].[Cu+2].[Cu+2].[Cu+2].[Cu+2].[Cu+].[Cu+].[Cu].[Cu].[Cu].[Cu]. The Morgan fingerprint density at radius 1 is 0.111 bits per heavy atom. The third-order valence-electron chi connectivity index (χ3n) is 0. The normalized spacial score (nSPS) is 0. The number of rotatable bonds is 0. The first-order valence-electron chi connectivity index (χ1n) is 0. The van der Waals surface area contributed by atoms with Gasteiger partial charge in [0, 0.05) is 68.3 Å². The molecule has 0 saturated carbocycles. The second kappa shape index (κ2) is 2290. The third kappa shape index (κ3) is 2120. The molecule has 0 saturated heterocycles. The maximum atomic E-state index is 0. The van der Waals surface area contributed by atoms with E-state index in [0.29, 0.717) is 0 Å². The van der Waals surface area contributed by atoms with Gasteiger partial charge in [-0.2, -0.15) is 0 Å². The first-order valence-corrected chi connectivity index (χ1v) is 0. The van der Waals surface area contributed by atoms with Gasteiger partial charge in [0.1, 0.15) is 0 Å². The van der Waals surface area contributed by atoms with Crippen LogP contribution in [0.25, 0.3) is 0 Å². The van der Waals surface area contributed by atoms with Crippen LogP contribution in [0.5, 0.6) is 0 Å². The Kier molecular flexibility index (Phi) is 157000. The summed E-state index contributed by atoms with van der Waals surface area (Å²) in [4.78, 5) is 0. The molecule has 0 heterocycles. The second-order valence-electron chi connectivity index (χ2n) is 0. The molecule has 308 valence electrons. The summed E-state index contributed by atoms with van der Waals surface area (Å²) in [5.41, 5.74) is 0. The molecule has 0 aromatic carbocycles. The molecule has 0 fully saturated rings. The molecule has 0 nitrogen and oxygen atoms in total. The van der Waals surface area contributed by atoms with E-state index < -0.39 is 0 Å². The quantitative estimate of drug-likeness (QED) is 0.168. The van der Waals surface area contributed by atoms with Gasteiger partial charge < -0.3 is 193 Å². The van der Waals surface area contributed by atoms with Crippen LogP contribution in [0.3, 0.4) is 0 Å². The molecule has 0 aromatic rings. The predicted octanol–water partition coefficient (Wildman–Crippen LogP) is 11.7. The van der Waals surface area contributed by atoms with Crippen molar-refractivity contribution in [3.63, 3.8) is 0 Å². The van der Waals surface area contributed by atoms with Gasteiger partial charge in [0.25, 0.3) is 0 Å². The second-order valence-corrected chi connectivity index (χ2v) is 0.